The Morgan fingerprint density at radius 1 is 1.47 bits per heavy atom. The minimum Gasteiger partial charge on any atom is -0.390 e. The van der Waals surface area contributed by atoms with E-state index in [2.05, 4.69) is 0 Å². The lowest BCUT2D eigenvalue weighted by atomic mass is 9.96. The number of nitro benzene ring substituents is 1. The number of rotatable bonds is 3. The Morgan fingerprint density at radius 3 is 2.53 bits per heavy atom. The number of hydrogen-bond acceptors (Lipinski definition) is 3. The van der Waals surface area contributed by atoms with Crippen LogP contribution in [-0.2, 0) is 6.42 Å². The SMILES string of the molecule is Cc1ccc([N+](=O)[O-])c(CC(C)(C)O)c1. The molecule has 0 atom stereocenters. The maximum Gasteiger partial charge on any atom is 0.272 e. The molecule has 0 aliphatic rings. The smallest absolute Gasteiger partial charge is 0.272 e. The van der Waals surface area contributed by atoms with Crippen LogP contribution in [0.1, 0.15) is 25.0 Å². The van der Waals surface area contributed by atoms with Crippen molar-refractivity contribution in [3.8, 4) is 0 Å². The van der Waals surface area contributed by atoms with Gasteiger partial charge in [-0.1, -0.05) is 11.6 Å². The molecule has 4 nitrogen and oxygen atoms in total. The molecule has 0 bridgehead atoms. The summed E-state index contributed by atoms with van der Waals surface area (Å²) in [5.74, 6) is 0. The number of nitro groups is 1. The Hall–Kier alpha value is -1.42. The van der Waals surface area contributed by atoms with E-state index in [-0.39, 0.29) is 12.1 Å². The number of aryl methyl sites for hydroxylation is 1. The predicted molar refractivity (Wildman–Crippen MR) is 57.8 cm³/mol. The molecule has 15 heavy (non-hydrogen) atoms. The van der Waals surface area contributed by atoms with Gasteiger partial charge in [-0.3, -0.25) is 10.1 Å². The highest BCUT2D eigenvalue weighted by atomic mass is 16.6. The van der Waals surface area contributed by atoms with Gasteiger partial charge < -0.3 is 5.11 Å². The maximum absolute atomic E-state index is 10.7. The summed E-state index contributed by atoms with van der Waals surface area (Å²) in [7, 11) is 0. The van der Waals surface area contributed by atoms with E-state index < -0.39 is 10.5 Å². The first-order valence-electron chi connectivity index (χ1n) is 4.76. The van der Waals surface area contributed by atoms with Gasteiger partial charge in [0.2, 0.25) is 0 Å². The highest BCUT2D eigenvalue weighted by molar-refractivity contribution is 5.43. The van der Waals surface area contributed by atoms with Crippen molar-refractivity contribution < 1.29 is 10.0 Å². The van der Waals surface area contributed by atoms with Crippen LogP contribution in [0.4, 0.5) is 5.69 Å². The van der Waals surface area contributed by atoms with Gasteiger partial charge in [-0.15, -0.1) is 0 Å². The fraction of sp³-hybridized carbons (Fsp3) is 0.455. The van der Waals surface area contributed by atoms with E-state index in [9.17, 15) is 15.2 Å². The van der Waals surface area contributed by atoms with Gasteiger partial charge in [0, 0.05) is 18.1 Å². The van der Waals surface area contributed by atoms with E-state index >= 15 is 0 Å². The summed E-state index contributed by atoms with van der Waals surface area (Å²) in [6.07, 6.45) is 0.283. The van der Waals surface area contributed by atoms with Crippen molar-refractivity contribution in [1.29, 1.82) is 0 Å². The zero-order valence-electron chi connectivity index (χ0n) is 9.15. The Bertz CT molecular complexity index is 380. The molecule has 0 saturated heterocycles. The first-order valence-corrected chi connectivity index (χ1v) is 4.76. The minimum absolute atomic E-state index is 0.0720. The second-order valence-electron chi connectivity index (χ2n) is 4.38. The highest BCUT2D eigenvalue weighted by Gasteiger charge is 2.20. The van der Waals surface area contributed by atoms with Crippen LogP contribution in [0.5, 0.6) is 0 Å². The maximum atomic E-state index is 10.7. The van der Waals surface area contributed by atoms with E-state index in [1.807, 2.05) is 6.92 Å². The van der Waals surface area contributed by atoms with Crippen LogP contribution in [0.15, 0.2) is 18.2 Å². The largest absolute Gasteiger partial charge is 0.390 e. The zero-order valence-corrected chi connectivity index (χ0v) is 9.15. The van der Waals surface area contributed by atoms with Crippen molar-refractivity contribution in [2.24, 2.45) is 0 Å². The predicted octanol–water partition coefficient (Wildman–Crippen LogP) is 2.22. The molecule has 1 aromatic carbocycles. The quantitative estimate of drug-likeness (QED) is 0.613. The average Bonchev–Trinajstić information content (AvgIpc) is 1.99. The molecule has 0 aromatic heterocycles. The van der Waals surface area contributed by atoms with Crippen LogP contribution in [0.2, 0.25) is 0 Å². The van der Waals surface area contributed by atoms with E-state index in [0.29, 0.717) is 5.56 Å². The van der Waals surface area contributed by atoms with Crippen LogP contribution < -0.4 is 0 Å². The van der Waals surface area contributed by atoms with Crippen LogP contribution >= 0.6 is 0 Å². The summed E-state index contributed by atoms with van der Waals surface area (Å²) in [4.78, 5) is 10.3. The summed E-state index contributed by atoms with van der Waals surface area (Å²) >= 11 is 0. The molecular formula is C11H15NO3. The molecule has 0 saturated carbocycles. The monoisotopic (exact) mass is 209 g/mol. The Kier molecular flexibility index (Phi) is 3.09. The molecule has 0 aliphatic carbocycles. The van der Waals surface area contributed by atoms with Gasteiger partial charge in [-0.2, -0.15) is 0 Å². The van der Waals surface area contributed by atoms with Crippen molar-refractivity contribution in [2.75, 3.05) is 0 Å². The molecule has 4 heteroatoms. The third kappa shape index (κ3) is 3.32. The van der Waals surface area contributed by atoms with Crippen molar-refractivity contribution >= 4 is 5.69 Å². The summed E-state index contributed by atoms with van der Waals surface area (Å²) in [6, 6.07) is 4.93. The molecule has 0 aliphatic heterocycles. The fourth-order valence-electron chi connectivity index (χ4n) is 1.50. The molecule has 0 amide bonds. The van der Waals surface area contributed by atoms with Gasteiger partial charge in [-0.25, -0.2) is 0 Å². The van der Waals surface area contributed by atoms with Crippen LogP contribution in [0.3, 0.4) is 0 Å². The van der Waals surface area contributed by atoms with Gasteiger partial charge in [0.05, 0.1) is 10.5 Å². The molecule has 0 spiro atoms. The molecule has 0 fully saturated rings. The van der Waals surface area contributed by atoms with Gasteiger partial charge in [-0.05, 0) is 26.8 Å². The van der Waals surface area contributed by atoms with Gasteiger partial charge >= 0.3 is 0 Å². The average molecular weight is 209 g/mol. The molecule has 1 aromatic rings. The summed E-state index contributed by atoms with van der Waals surface area (Å²) in [5.41, 5.74) is 0.675. The fourth-order valence-corrected chi connectivity index (χ4v) is 1.50. The lowest BCUT2D eigenvalue weighted by Gasteiger charge is -2.17. The zero-order chi connectivity index (χ0) is 11.6. The van der Waals surface area contributed by atoms with Crippen LogP contribution in [0, 0.1) is 17.0 Å². The van der Waals surface area contributed by atoms with Gasteiger partial charge in [0.25, 0.3) is 5.69 Å². The van der Waals surface area contributed by atoms with Crippen molar-refractivity contribution in [1.82, 2.24) is 0 Å². The van der Waals surface area contributed by atoms with Crippen LogP contribution in [0.25, 0.3) is 0 Å². The minimum atomic E-state index is -0.932. The molecule has 0 heterocycles. The molecule has 0 unspecified atom stereocenters. The van der Waals surface area contributed by atoms with Crippen molar-refractivity contribution in [3.05, 3.63) is 39.4 Å². The number of benzene rings is 1. The Balaban J connectivity index is 3.13. The molecular weight excluding hydrogens is 194 g/mol. The van der Waals surface area contributed by atoms with Gasteiger partial charge in [0.1, 0.15) is 0 Å². The van der Waals surface area contributed by atoms with E-state index in [1.165, 1.54) is 6.07 Å². The lowest BCUT2D eigenvalue weighted by molar-refractivity contribution is -0.385. The first kappa shape index (κ1) is 11.7. The summed E-state index contributed by atoms with van der Waals surface area (Å²) in [5, 5.41) is 20.4. The third-order valence-electron chi connectivity index (χ3n) is 2.05. The molecule has 0 radical (unpaired) electrons. The van der Waals surface area contributed by atoms with E-state index in [1.54, 1.807) is 26.0 Å². The Labute approximate surface area is 88.7 Å². The second-order valence-corrected chi connectivity index (χ2v) is 4.38. The number of hydrogen-bond donors (Lipinski definition) is 1. The summed E-state index contributed by atoms with van der Waals surface area (Å²) < 4.78 is 0. The van der Waals surface area contributed by atoms with Crippen LogP contribution in [-0.4, -0.2) is 15.6 Å². The second kappa shape index (κ2) is 3.98. The Morgan fingerprint density at radius 2 is 2.07 bits per heavy atom. The summed E-state index contributed by atoms with van der Waals surface area (Å²) in [6.45, 7) is 5.15. The third-order valence-corrected chi connectivity index (χ3v) is 2.05. The highest BCUT2D eigenvalue weighted by Crippen LogP contribution is 2.24. The normalized spacial score (nSPS) is 11.5. The standard InChI is InChI=1S/C11H15NO3/c1-8-4-5-10(12(14)15)9(6-8)7-11(2,3)13/h4-6,13H,7H2,1-3H3. The van der Waals surface area contributed by atoms with E-state index in [4.69, 9.17) is 0 Å². The van der Waals surface area contributed by atoms with Crippen molar-refractivity contribution in [3.63, 3.8) is 0 Å². The number of nitrogens with zero attached hydrogens (tertiary/aromatic N) is 1. The molecule has 1 rings (SSSR count). The molecule has 82 valence electrons. The van der Waals surface area contributed by atoms with Gasteiger partial charge in [0.15, 0.2) is 0 Å². The van der Waals surface area contributed by atoms with E-state index in [0.717, 1.165) is 5.56 Å². The topological polar surface area (TPSA) is 63.4 Å². The number of aliphatic hydroxyl groups is 1. The first-order chi connectivity index (χ1) is 6.79. The van der Waals surface area contributed by atoms with Crippen molar-refractivity contribution in [2.45, 2.75) is 32.8 Å². The molecule has 1 N–H and O–H groups in total. The lowest BCUT2D eigenvalue weighted by Crippen LogP contribution is -2.22.